The molecular weight excluding hydrogens is 540 g/mol. The average Bonchev–Trinajstić information content (AvgIpc) is 3.44. The number of rotatable bonds is 5. The Morgan fingerprint density at radius 2 is 1.72 bits per heavy atom. The number of carboxylic acids is 1. The monoisotopic (exact) mass is 592 g/mol. The van der Waals surface area contributed by atoms with E-state index in [0.29, 0.717) is 26.0 Å². The van der Waals surface area contributed by atoms with Gasteiger partial charge in [0.15, 0.2) is 5.78 Å². The minimum absolute atomic E-state index is 0.0448. The third-order valence-electron chi connectivity index (χ3n) is 14.6. The van der Waals surface area contributed by atoms with E-state index in [1.165, 1.54) is 5.57 Å². The second-order valence-electron chi connectivity index (χ2n) is 16.9. The van der Waals surface area contributed by atoms with Gasteiger partial charge in [-0.2, -0.15) is 0 Å². The molecule has 4 fully saturated rings. The molecule has 6 rings (SSSR count). The first-order valence-electron chi connectivity index (χ1n) is 16.6. The molecule has 43 heavy (non-hydrogen) atoms. The summed E-state index contributed by atoms with van der Waals surface area (Å²) >= 11 is 0. The van der Waals surface area contributed by atoms with E-state index in [1.54, 1.807) is 12.5 Å². The van der Waals surface area contributed by atoms with E-state index < -0.39 is 11.4 Å². The predicted molar refractivity (Wildman–Crippen MR) is 164 cm³/mol. The lowest BCUT2D eigenvalue weighted by atomic mass is 9.33. The highest BCUT2D eigenvalue weighted by molar-refractivity contribution is 5.95. The molecule has 1 heterocycles. The van der Waals surface area contributed by atoms with Crippen LogP contribution in [0.3, 0.4) is 0 Å². The molecule has 0 unspecified atom stereocenters. The molecule has 4 saturated carbocycles. The number of carbonyl (C=O) groups excluding carboxylic acids is 2. The van der Waals surface area contributed by atoms with Crippen LogP contribution in [0.4, 0.5) is 0 Å². The third kappa shape index (κ3) is 4.25. The molecular formula is C36H52N2O5. The first kappa shape index (κ1) is 30.6. The van der Waals surface area contributed by atoms with Crippen molar-refractivity contribution in [3.63, 3.8) is 0 Å². The van der Waals surface area contributed by atoms with Crippen molar-refractivity contribution in [1.82, 2.24) is 9.55 Å². The normalized spacial score (nSPS) is 45.1. The topological polar surface area (TPSA) is 98.5 Å². The van der Waals surface area contributed by atoms with Crippen LogP contribution in [0.1, 0.15) is 106 Å². The number of hydrogen-bond acceptors (Lipinski definition) is 5. The molecule has 236 valence electrons. The summed E-state index contributed by atoms with van der Waals surface area (Å²) in [6.45, 7) is 16.8. The number of hydrogen-bond donors (Lipinski definition) is 1. The fraction of sp³-hybridized carbons (Fsp3) is 0.778. The maximum atomic E-state index is 14.6. The second-order valence-corrected chi connectivity index (χ2v) is 16.9. The third-order valence-corrected chi connectivity index (χ3v) is 14.6. The van der Waals surface area contributed by atoms with Gasteiger partial charge in [0.05, 0.1) is 24.2 Å². The van der Waals surface area contributed by atoms with Crippen molar-refractivity contribution >= 4 is 17.7 Å². The summed E-state index contributed by atoms with van der Waals surface area (Å²) in [4.78, 5) is 44.5. The zero-order valence-electron chi connectivity index (χ0n) is 27.4. The minimum Gasteiger partial charge on any atom is -0.481 e. The Kier molecular flexibility index (Phi) is 6.95. The Balaban J connectivity index is 1.30. The van der Waals surface area contributed by atoms with Gasteiger partial charge < -0.3 is 14.4 Å². The summed E-state index contributed by atoms with van der Waals surface area (Å²) in [5, 5.41) is 10.2. The lowest BCUT2D eigenvalue weighted by molar-refractivity contribution is -0.199. The van der Waals surface area contributed by atoms with Crippen LogP contribution in [0.5, 0.6) is 0 Å². The number of aliphatic carboxylic acids is 1. The Morgan fingerprint density at radius 3 is 2.40 bits per heavy atom. The van der Waals surface area contributed by atoms with Gasteiger partial charge in [0.2, 0.25) is 0 Å². The van der Waals surface area contributed by atoms with Crippen LogP contribution in [-0.4, -0.2) is 39.0 Å². The fourth-order valence-corrected chi connectivity index (χ4v) is 11.6. The molecule has 0 spiro atoms. The fourth-order valence-electron chi connectivity index (χ4n) is 11.6. The lowest BCUT2D eigenvalue weighted by Gasteiger charge is -2.70. The lowest BCUT2D eigenvalue weighted by Crippen LogP contribution is -2.66. The van der Waals surface area contributed by atoms with Crippen LogP contribution in [0, 0.1) is 56.2 Å². The Hall–Kier alpha value is -2.44. The van der Waals surface area contributed by atoms with Crippen molar-refractivity contribution in [2.24, 2.45) is 56.2 Å². The molecule has 5 aliphatic carbocycles. The van der Waals surface area contributed by atoms with Crippen LogP contribution < -0.4 is 0 Å². The first-order valence-corrected chi connectivity index (χ1v) is 16.6. The highest BCUT2D eigenvalue weighted by atomic mass is 16.5. The number of allylic oxidation sites excluding steroid dienone is 2. The van der Waals surface area contributed by atoms with Gasteiger partial charge >= 0.3 is 11.9 Å². The summed E-state index contributed by atoms with van der Waals surface area (Å²) in [6.07, 6.45) is 15.2. The first-order chi connectivity index (χ1) is 20.0. The molecule has 9 atom stereocenters. The number of carboxylic acid groups (broad SMARTS) is 1. The van der Waals surface area contributed by atoms with E-state index in [9.17, 15) is 19.5 Å². The minimum atomic E-state index is -0.747. The standard InChI is InChI=1S/C36H52N2O5/c1-31(2)23(29(40)43-19-18-38-17-16-37-22-38)8-10-34(5)27(31)9-11-36(7)28(34)26(39)20-24-25-21-33(4,30(41)42)13-12-32(25,3)14-15-35(24,36)6/h16-17,20,22-23,25,27-28H,8-15,18-19,21H2,1-7H3,(H,41,42)/t23-,25+,27+,28-,32-,33+,34+,35-,36-/m1/s1. The molecule has 0 aliphatic heterocycles. The van der Waals surface area contributed by atoms with Gasteiger partial charge in [0, 0.05) is 18.3 Å². The number of ketones is 1. The Bertz CT molecular complexity index is 1350. The van der Waals surface area contributed by atoms with Crippen molar-refractivity contribution in [3.05, 3.63) is 30.4 Å². The second kappa shape index (κ2) is 9.78. The van der Waals surface area contributed by atoms with Crippen molar-refractivity contribution in [2.75, 3.05) is 6.61 Å². The van der Waals surface area contributed by atoms with E-state index in [2.05, 4.69) is 46.5 Å². The van der Waals surface area contributed by atoms with Gasteiger partial charge in [-0.25, -0.2) is 4.98 Å². The van der Waals surface area contributed by atoms with Crippen LogP contribution >= 0.6 is 0 Å². The van der Waals surface area contributed by atoms with E-state index in [0.717, 1.165) is 44.9 Å². The molecule has 1 aromatic rings. The van der Waals surface area contributed by atoms with E-state index in [-0.39, 0.29) is 62.5 Å². The smallest absolute Gasteiger partial charge is 0.309 e. The molecule has 0 aromatic carbocycles. The van der Waals surface area contributed by atoms with Crippen molar-refractivity contribution < 1.29 is 24.2 Å². The molecule has 0 amide bonds. The maximum Gasteiger partial charge on any atom is 0.309 e. The summed E-state index contributed by atoms with van der Waals surface area (Å²) in [5.41, 5.74) is -0.307. The maximum absolute atomic E-state index is 14.6. The van der Waals surface area contributed by atoms with Crippen LogP contribution in [-0.2, 0) is 25.7 Å². The average molecular weight is 593 g/mol. The summed E-state index contributed by atoms with van der Waals surface area (Å²) in [7, 11) is 0. The van der Waals surface area contributed by atoms with Gasteiger partial charge in [0.1, 0.15) is 6.61 Å². The van der Waals surface area contributed by atoms with Crippen LogP contribution in [0.2, 0.25) is 0 Å². The van der Waals surface area contributed by atoms with Crippen molar-refractivity contribution in [1.29, 1.82) is 0 Å². The number of carbonyl (C=O) groups is 3. The number of fused-ring (bicyclic) bond motifs is 7. The van der Waals surface area contributed by atoms with Gasteiger partial charge in [-0.3, -0.25) is 14.4 Å². The predicted octanol–water partition coefficient (Wildman–Crippen LogP) is 7.11. The number of imidazole rings is 1. The zero-order chi connectivity index (χ0) is 31.2. The quantitative estimate of drug-likeness (QED) is 0.366. The molecule has 1 N–H and O–H groups in total. The molecule has 0 saturated heterocycles. The highest BCUT2D eigenvalue weighted by Gasteiger charge is 2.70. The van der Waals surface area contributed by atoms with Gasteiger partial charge in [-0.05, 0) is 110 Å². The van der Waals surface area contributed by atoms with Crippen molar-refractivity contribution in [2.45, 2.75) is 113 Å². The largest absolute Gasteiger partial charge is 0.481 e. The Labute approximate surface area is 257 Å². The van der Waals surface area contributed by atoms with Gasteiger partial charge in [-0.15, -0.1) is 0 Å². The summed E-state index contributed by atoms with van der Waals surface area (Å²) < 4.78 is 7.74. The van der Waals surface area contributed by atoms with Gasteiger partial charge in [0.25, 0.3) is 0 Å². The van der Waals surface area contributed by atoms with Crippen molar-refractivity contribution in [3.8, 4) is 0 Å². The summed E-state index contributed by atoms with van der Waals surface area (Å²) in [5.74, 6) is -0.521. The number of esters is 1. The van der Waals surface area contributed by atoms with Gasteiger partial charge in [-0.1, -0.05) is 47.1 Å². The molecule has 1 aromatic heterocycles. The van der Waals surface area contributed by atoms with E-state index in [1.807, 2.05) is 23.8 Å². The molecule has 7 heteroatoms. The highest BCUT2D eigenvalue weighted by Crippen LogP contribution is 2.75. The number of ether oxygens (including phenoxy) is 1. The Morgan fingerprint density at radius 1 is 1.00 bits per heavy atom. The summed E-state index contributed by atoms with van der Waals surface area (Å²) in [6, 6.07) is 0. The molecule has 0 radical (unpaired) electrons. The van der Waals surface area contributed by atoms with E-state index >= 15 is 0 Å². The zero-order valence-corrected chi connectivity index (χ0v) is 27.4. The molecule has 7 nitrogen and oxygen atoms in total. The molecule has 5 aliphatic rings. The molecule has 0 bridgehead atoms. The van der Waals surface area contributed by atoms with Crippen LogP contribution in [0.25, 0.3) is 0 Å². The number of aromatic nitrogens is 2. The SMILES string of the molecule is CC1(C)[C@@H](C(=O)OCCn2ccnc2)CC[C@]2(C)[C@H]3C(=O)C=C4[C@@H]5C[C@@](C)(C(=O)O)CC[C@]5(C)CC[C@@]4(C)[C@]3(C)CC[C@@H]12. The van der Waals surface area contributed by atoms with E-state index in [4.69, 9.17) is 4.74 Å². The number of nitrogens with zero attached hydrogens (tertiary/aromatic N) is 2. The van der Waals surface area contributed by atoms with Crippen LogP contribution in [0.15, 0.2) is 30.4 Å².